The van der Waals surface area contributed by atoms with E-state index in [0.717, 1.165) is 0 Å². The molecule has 0 saturated heterocycles. The van der Waals surface area contributed by atoms with Crippen molar-refractivity contribution < 1.29 is 19.5 Å². The molecule has 0 fully saturated rings. The molecule has 0 radical (unpaired) electrons. The summed E-state index contributed by atoms with van der Waals surface area (Å²) < 4.78 is 10.5. The van der Waals surface area contributed by atoms with Crippen LogP contribution in [0.5, 0.6) is 11.5 Å². The molecule has 1 atom stereocenters. The Morgan fingerprint density at radius 3 is 3.07 bits per heavy atom. The smallest absolute Gasteiger partial charge is 0.314 e. The number of aliphatic hydroxyl groups excluding tert-OH is 1. The number of fused-ring (bicyclic) bond motifs is 1. The van der Waals surface area contributed by atoms with Crippen LogP contribution in [0, 0.1) is 10.1 Å². The highest BCUT2D eigenvalue weighted by molar-refractivity contribution is 5.56. The first-order valence-corrected chi connectivity index (χ1v) is 4.40. The number of nitro groups is 1. The van der Waals surface area contributed by atoms with Crippen LogP contribution in [0.3, 0.4) is 0 Å². The Balaban J connectivity index is 2.40. The lowest BCUT2D eigenvalue weighted by Crippen LogP contribution is -2.32. The molecule has 0 unspecified atom stereocenters. The summed E-state index contributed by atoms with van der Waals surface area (Å²) in [6, 6.07) is 4.46. The van der Waals surface area contributed by atoms with E-state index in [4.69, 9.17) is 14.6 Å². The topological polar surface area (TPSA) is 81.8 Å². The molecule has 0 aliphatic carbocycles. The summed E-state index contributed by atoms with van der Waals surface area (Å²) in [5.41, 5.74) is -0.148. The fourth-order valence-corrected chi connectivity index (χ4v) is 1.35. The minimum atomic E-state index is -0.543. The molecule has 1 aromatic carbocycles. The zero-order chi connectivity index (χ0) is 10.8. The van der Waals surface area contributed by atoms with Crippen LogP contribution in [0.4, 0.5) is 5.69 Å². The highest BCUT2D eigenvalue weighted by Crippen LogP contribution is 2.39. The number of para-hydroxylation sites is 1. The number of benzene rings is 1. The summed E-state index contributed by atoms with van der Waals surface area (Å²) in [6.07, 6.45) is -0.543. The molecule has 0 bridgehead atoms. The van der Waals surface area contributed by atoms with Gasteiger partial charge in [0, 0.05) is 6.07 Å². The Bertz CT molecular complexity index is 392. The van der Waals surface area contributed by atoms with Gasteiger partial charge in [0.05, 0.1) is 11.5 Å². The third-order valence-corrected chi connectivity index (χ3v) is 2.07. The Morgan fingerprint density at radius 1 is 1.60 bits per heavy atom. The minimum absolute atomic E-state index is 0.0906. The van der Waals surface area contributed by atoms with E-state index in [2.05, 4.69) is 0 Å². The maximum absolute atomic E-state index is 10.7. The molecule has 0 aromatic heterocycles. The third-order valence-electron chi connectivity index (χ3n) is 2.07. The van der Waals surface area contributed by atoms with Gasteiger partial charge in [-0.05, 0) is 6.07 Å². The summed E-state index contributed by atoms with van der Waals surface area (Å²) in [4.78, 5) is 10.1. The molecule has 1 aliphatic heterocycles. The van der Waals surface area contributed by atoms with Crippen LogP contribution in [0.1, 0.15) is 0 Å². The van der Waals surface area contributed by atoms with Crippen molar-refractivity contribution in [1.82, 2.24) is 0 Å². The standard InChI is InChI=1S/C9H9NO5/c11-4-6-5-14-8-3-1-2-7(10(12)13)9(8)15-6/h1-3,6,11H,4-5H2/t6-/m0/s1. The fourth-order valence-electron chi connectivity index (χ4n) is 1.35. The summed E-state index contributed by atoms with van der Waals surface area (Å²) in [7, 11) is 0. The lowest BCUT2D eigenvalue weighted by molar-refractivity contribution is -0.386. The van der Waals surface area contributed by atoms with Gasteiger partial charge < -0.3 is 14.6 Å². The van der Waals surface area contributed by atoms with Crippen molar-refractivity contribution in [2.45, 2.75) is 6.10 Å². The van der Waals surface area contributed by atoms with Crippen molar-refractivity contribution in [2.24, 2.45) is 0 Å². The van der Waals surface area contributed by atoms with Crippen molar-refractivity contribution in [3.05, 3.63) is 28.3 Å². The van der Waals surface area contributed by atoms with Crippen LogP contribution in [-0.2, 0) is 0 Å². The largest absolute Gasteiger partial charge is 0.485 e. The maximum atomic E-state index is 10.7. The predicted molar refractivity (Wildman–Crippen MR) is 50.1 cm³/mol. The van der Waals surface area contributed by atoms with E-state index < -0.39 is 11.0 Å². The number of hydrogen-bond donors (Lipinski definition) is 1. The van der Waals surface area contributed by atoms with Crippen molar-refractivity contribution in [3.8, 4) is 11.5 Å². The summed E-state index contributed by atoms with van der Waals surface area (Å²) >= 11 is 0. The molecule has 6 heteroatoms. The van der Waals surface area contributed by atoms with Gasteiger partial charge in [-0.2, -0.15) is 0 Å². The van der Waals surface area contributed by atoms with E-state index >= 15 is 0 Å². The van der Waals surface area contributed by atoms with E-state index in [1.165, 1.54) is 12.1 Å². The van der Waals surface area contributed by atoms with Gasteiger partial charge in [-0.15, -0.1) is 0 Å². The quantitative estimate of drug-likeness (QED) is 0.576. The van der Waals surface area contributed by atoms with Crippen molar-refractivity contribution in [1.29, 1.82) is 0 Å². The number of aliphatic hydroxyl groups is 1. The molecule has 0 amide bonds. The summed E-state index contributed by atoms with van der Waals surface area (Å²) in [6.45, 7) is -0.0316. The van der Waals surface area contributed by atoms with Crippen molar-refractivity contribution >= 4 is 5.69 Å². The Morgan fingerprint density at radius 2 is 2.40 bits per heavy atom. The number of ether oxygens (including phenoxy) is 2. The Hall–Kier alpha value is -1.82. The third kappa shape index (κ3) is 1.71. The maximum Gasteiger partial charge on any atom is 0.314 e. The van der Waals surface area contributed by atoms with Gasteiger partial charge >= 0.3 is 5.69 Å². The van der Waals surface area contributed by atoms with Gasteiger partial charge in [0.2, 0.25) is 5.75 Å². The average molecular weight is 211 g/mol. The lowest BCUT2D eigenvalue weighted by Gasteiger charge is -2.24. The second kappa shape index (κ2) is 3.74. The van der Waals surface area contributed by atoms with Crippen LogP contribution < -0.4 is 9.47 Å². The molecular weight excluding hydrogens is 202 g/mol. The molecular formula is C9H9NO5. The number of rotatable bonds is 2. The summed E-state index contributed by atoms with van der Waals surface area (Å²) in [5.74, 6) is 0.432. The number of nitrogens with zero attached hydrogens (tertiary/aromatic N) is 1. The van der Waals surface area contributed by atoms with Gasteiger partial charge in [-0.25, -0.2) is 0 Å². The molecule has 1 aliphatic rings. The molecule has 2 rings (SSSR count). The van der Waals surface area contributed by atoms with Gasteiger partial charge in [-0.3, -0.25) is 10.1 Å². The van der Waals surface area contributed by atoms with Crippen LogP contribution in [-0.4, -0.2) is 29.3 Å². The van der Waals surface area contributed by atoms with E-state index in [1.807, 2.05) is 0 Å². The van der Waals surface area contributed by atoms with E-state index in [9.17, 15) is 10.1 Å². The SMILES string of the molecule is O=[N+]([O-])c1cccc2c1O[C@@H](CO)CO2. The van der Waals surface area contributed by atoms with Gasteiger partial charge in [0.25, 0.3) is 0 Å². The second-order valence-corrected chi connectivity index (χ2v) is 3.09. The molecule has 80 valence electrons. The molecule has 15 heavy (non-hydrogen) atoms. The number of nitro benzene ring substituents is 1. The highest BCUT2D eigenvalue weighted by atomic mass is 16.6. The van der Waals surface area contributed by atoms with Crippen molar-refractivity contribution in [2.75, 3.05) is 13.2 Å². The molecule has 0 saturated carbocycles. The van der Waals surface area contributed by atoms with Gasteiger partial charge in [0.1, 0.15) is 6.61 Å². The average Bonchev–Trinajstić information content (AvgIpc) is 2.27. The van der Waals surface area contributed by atoms with E-state index in [0.29, 0.717) is 5.75 Å². The van der Waals surface area contributed by atoms with Crippen LogP contribution >= 0.6 is 0 Å². The Labute approximate surface area is 85.2 Å². The lowest BCUT2D eigenvalue weighted by atomic mass is 10.2. The predicted octanol–water partition coefficient (Wildman–Crippen LogP) is 0.727. The molecule has 1 N–H and O–H groups in total. The first-order valence-electron chi connectivity index (χ1n) is 4.40. The summed E-state index contributed by atoms with van der Waals surface area (Å²) in [5, 5.41) is 19.5. The second-order valence-electron chi connectivity index (χ2n) is 3.09. The zero-order valence-corrected chi connectivity index (χ0v) is 7.75. The molecule has 1 heterocycles. The van der Waals surface area contributed by atoms with E-state index in [-0.39, 0.29) is 24.7 Å². The number of hydrogen-bond acceptors (Lipinski definition) is 5. The zero-order valence-electron chi connectivity index (χ0n) is 7.75. The first kappa shape index (κ1) is 9.72. The highest BCUT2D eigenvalue weighted by Gasteiger charge is 2.27. The van der Waals surface area contributed by atoms with Gasteiger partial charge in [-0.1, -0.05) is 6.07 Å². The van der Waals surface area contributed by atoms with Crippen molar-refractivity contribution in [3.63, 3.8) is 0 Å². The van der Waals surface area contributed by atoms with Crippen LogP contribution in [0.2, 0.25) is 0 Å². The fraction of sp³-hybridized carbons (Fsp3) is 0.333. The Kier molecular flexibility index (Phi) is 2.42. The molecule has 1 aromatic rings. The molecule has 6 nitrogen and oxygen atoms in total. The van der Waals surface area contributed by atoms with Crippen LogP contribution in [0.25, 0.3) is 0 Å². The normalized spacial score (nSPS) is 18.6. The molecule has 0 spiro atoms. The van der Waals surface area contributed by atoms with Crippen LogP contribution in [0.15, 0.2) is 18.2 Å². The first-order chi connectivity index (χ1) is 7.22. The van der Waals surface area contributed by atoms with E-state index in [1.54, 1.807) is 6.07 Å². The minimum Gasteiger partial charge on any atom is -0.485 e. The monoisotopic (exact) mass is 211 g/mol. The van der Waals surface area contributed by atoms with Gasteiger partial charge in [0.15, 0.2) is 11.9 Å².